The number of hydrogen-bond acceptors (Lipinski definition) is 1. The molecule has 14 heavy (non-hydrogen) atoms. The monoisotopic (exact) mass is 258 g/mol. The van der Waals surface area contributed by atoms with Crippen LogP contribution in [0.1, 0.15) is 29.8 Å². The highest BCUT2D eigenvalue weighted by molar-refractivity contribution is 9.10. The van der Waals surface area contributed by atoms with Gasteiger partial charge < -0.3 is 0 Å². The van der Waals surface area contributed by atoms with Gasteiger partial charge in [0.15, 0.2) is 5.78 Å². The van der Waals surface area contributed by atoms with Gasteiger partial charge in [0.2, 0.25) is 0 Å². The van der Waals surface area contributed by atoms with Crippen molar-refractivity contribution in [1.82, 2.24) is 0 Å². The van der Waals surface area contributed by atoms with Crippen LogP contribution in [0.3, 0.4) is 0 Å². The van der Waals surface area contributed by atoms with E-state index < -0.39 is 4.32 Å². The van der Waals surface area contributed by atoms with Gasteiger partial charge in [0.25, 0.3) is 0 Å². The Morgan fingerprint density at radius 2 is 2.00 bits per heavy atom. The second kappa shape index (κ2) is 3.81. The van der Waals surface area contributed by atoms with Crippen LogP contribution < -0.4 is 0 Å². The summed E-state index contributed by atoms with van der Waals surface area (Å²) in [6.45, 7) is 5.19. The molecule has 0 fully saturated rings. The summed E-state index contributed by atoms with van der Waals surface area (Å²) in [4.78, 5) is 11.8. The molecule has 0 heterocycles. The Bertz CT molecular complexity index is 366. The maximum atomic E-state index is 12.9. The minimum absolute atomic E-state index is 0.0411. The van der Waals surface area contributed by atoms with Crippen molar-refractivity contribution in [2.24, 2.45) is 0 Å². The molecule has 0 N–H and O–H groups in total. The van der Waals surface area contributed by atoms with Gasteiger partial charge in [-0.1, -0.05) is 15.9 Å². The molecule has 76 valence electrons. The zero-order valence-electron chi connectivity index (χ0n) is 8.40. The van der Waals surface area contributed by atoms with Crippen molar-refractivity contribution in [2.45, 2.75) is 25.1 Å². The third-order valence-electron chi connectivity index (χ3n) is 1.96. The van der Waals surface area contributed by atoms with Gasteiger partial charge in [0.1, 0.15) is 5.82 Å². The first-order chi connectivity index (χ1) is 6.32. The molecule has 0 spiro atoms. The summed E-state index contributed by atoms with van der Waals surface area (Å²) < 4.78 is 12.3. The minimum Gasteiger partial charge on any atom is -0.293 e. The van der Waals surface area contributed by atoms with Crippen molar-refractivity contribution in [2.75, 3.05) is 0 Å². The molecule has 1 nitrogen and oxygen atoms in total. The third kappa shape index (κ3) is 2.41. The Kier molecular flexibility index (Phi) is 3.10. The van der Waals surface area contributed by atoms with Gasteiger partial charge >= 0.3 is 0 Å². The Morgan fingerprint density at radius 3 is 2.43 bits per heavy atom. The smallest absolute Gasteiger partial charge is 0.178 e. The van der Waals surface area contributed by atoms with Crippen LogP contribution in [0.15, 0.2) is 18.2 Å². The molecule has 1 aromatic rings. The summed E-state index contributed by atoms with van der Waals surface area (Å²) in [5, 5.41) is 0. The molecule has 0 amide bonds. The van der Waals surface area contributed by atoms with Crippen LogP contribution >= 0.6 is 15.9 Å². The van der Waals surface area contributed by atoms with Crippen LogP contribution in [-0.4, -0.2) is 10.1 Å². The molecular formula is C11H12BrFO. The van der Waals surface area contributed by atoms with E-state index in [-0.39, 0.29) is 11.6 Å². The van der Waals surface area contributed by atoms with Gasteiger partial charge in [-0.05, 0) is 44.5 Å². The predicted molar refractivity (Wildman–Crippen MR) is 58.5 cm³/mol. The van der Waals surface area contributed by atoms with Gasteiger partial charge in [-0.25, -0.2) is 4.39 Å². The highest BCUT2D eigenvalue weighted by Gasteiger charge is 2.25. The molecule has 1 rings (SSSR count). The zero-order valence-corrected chi connectivity index (χ0v) is 9.98. The number of halogens is 2. The fourth-order valence-corrected chi connectivity index (χ4v) is 1.36. The second-order valence-corrected chi connectivity index (χ2v) is 5.75. The molecule has 0 aliphatic heterocycles. The summed E-state index contributed by atoms with van der Waals surface area (Å²) in [6.07, 6.45) is 0. The fraction of sp³-hybridized carbons (Fsp3) is 0.364. The van der Waals surface area contributed by atoms with Gasteiger partial charge in [-0.3, -0.25) is 4.79 Å². The lowest BCUT2D eigenvalue weighted by Gasteiger charge is -2.14. The molecule has 0 aromatic heterocycles. The Labute approximate surface area is 91.5 Å². The topological polar surface area (TPSA) is 17.1 Å². The van der Waals surface area contributed by atoms with Crippen molar-refractivity contribution in [3.05, 3.63) is 35.1 Å². The first-order valence-electron chi connectivity index (χ1n) is 4.32. The van der Waals surface area contributed by atoms with Crippen molar-refractivity contribution in [3.8, 4) is 0 Å². The average molecular weight is 259 g/mol. The number of aryl methyl sites for hydroxylation is 1. The van der Waals surface area contributed by atoms with E-state index in [1.807, 2.05) is 0 Å². The quantitative estimate of drug-likeness (QED) is 0.587. The number of carbonyl (C=O) groups is 1. The van der Waals surface area contributed by atoms with Crippen molar-refractivity contribution in [1.29, 1.82) is 0 Å². The van der Waals surface area contributed by atoms with Crippen LogP contribution in [0.25, 0.3) is 0 Å². The first kappa shape index (κ1) is 11.4. The van der Waals surface area contributed by atoms with Crippen LogP contribution in [0, 0.1) is 12.7 Å². The Hall–Kier alpha value is -0.700. The highest BCUT2D eigenvalue weighted by atomic mass is 79.9. The predicted octanol–water partition coefficient (Wildman–Crippen LogP) is 3.49. The summed E-state index contributed by atoms with van der Waals surface area (Å²) in [5.74, 6) is -0.325. The summed E-state index contributed by atoms with van der Waals surface area (Å²) >= 11 is 3.28. The third-order valence-corrected chi connectivity index (χ3v) is 2.32. The lowest BCUT2D eigenvalue weighted by atomic mass is 9.99. The molecule has 0 radical (unpaired) electrons. The molecule has 0 unspecified atom stereocenters. The van der Waals surface area contributed by atoms with E-state index in [4.69, 9.17) is 0 Å². The lowest BCUT2D eigenvalue weighted by Crippen LogP contribution is -2.24. The average Bonchev–Trinajstić information content (AvgIpc) is 2.07. The number of hydrogen-bond donors (Lipinski definition) is 0. The van der Waals surface area contributed by atoms with Gasteiger partial charge in [0.05, 0.1) is 4.32 Å². The van der Waals surface area contributed by atoms with E-state index in [2.05, 4.69) is 15.9 Å². The molecule has 1 aromatic carbocycles. The van der Waals surface area contributed by atoms with Crippen molar-refractivity contribution >= 4 is 21.7 Å². The van der Waals surface area contributed by atoms with E-state index in [9.17, 15) is 9.18 Å². The molecule has 0 aliphatic rings. The van der Waals surface area contributed by atoms with E-state index in [1.54, 1.807) is 26.8 Å². The fourth-order valence-electron chi connectivity index (χ4n) is 1.13. The number of alkyl halides is 1. The summed E-state index contributed by atoms with van der Waals surface area (Å²) in [7, 11) is 0. The normalized spacial score (nSPS) is 11.5. The van der Waals surface area contributed by atoms with Gasteiger partial charge in [0, 0.05) is 5.56 Å². The maximum absolute atomic E-state index is 12.9. The molecule has 0 bridgehead atoms. The van der Waals surface area contributed by atoms with E-state index in [0.29, 0.717) is 11.1 Å². The molecule has 0 aliphatic carbocycles. The zero-order chi connectivity index (χ0) is 10.9. The minimum atomic E-state index is -0.600. The standard InChI is InChI=1S/C11H12BrFO/c1-7-6-8(4-5-9(7)13)10(14)11(2,3)12/h4-6H,1-3H3. The number of benzene rings is 1. The maximum Gasteiger partial charge on any atom is 0.178 e. The largest absolute Gasteiger partial charge is 0.293 e. The molecule has 0 saturated heterocycles. The van der Waals surface area contributed by atoms with E-state index in [1.165, 1.54) is 12.1 Å². The van der Waals surface area contributed by atoms with Crippen molar-refractivity contribution < 1.29 is 9.18 Å². The number of rotatable bonds is 2. The number of Topliss-reactive ketones (excluding diaryl/α,β-unsaturated/α-hetero) is 1. The van der Waals surface area contributed by atoms with Crippen LogP contribution in [0.4, 0.5) is 4.39 Å². The molecule has 3 heteroatoms. The number of carbonyl (C=O) groups excluding carboxylic acids is 1. The molecule has 0 atom stereocenters. The Balaban J connectivity index is 3.10. The van der Waals surface area contributed by atoms with Crippen LogP contribution in [-0.2, 0) is 0 Å². The van der Waals surface area contributed by atoms with Gasteiger partial charge in [-0.15, -0.1) is 0 Å². The highest BCUT2D eigenvalue weighted by Crippen LogP contribution is 2.23. The lowest BCUT2D eigenvalue weighted by molar-refractivity contribution is 0.0961. The first-order valence-corrected chi connectivity index (χ1v) is 5.11. The van der Waals surface area contributed by atoms with Gasteiger partial charge in [-0.2, -0.15) is 0 Å². The Morgan fingerprint density at radius 1 is 1.43 bits per heavy atom. The summed E-state index contributed by atoms with van der Waals surface area (Å²) in [5.41, 5.74) is 1.03. The SMILES string of the molecule is Cc1cc(C(=O)C(C)(C)Br)ccc1F. The molecular weight excluding hydrogens is 247 g/mol. The second-order valence-electron chi connectivity index (χ2n) is 3.77. The van der Waals surface area contributed by atoms with Crippen molar-refractivity contribution in [3.63, 3.8) is 0 Å². The molecule has 0 saturated carbocycles. The van der Waals surface area contributed by atoms with E-state index >= 15 is 0 Å². The number of ketones is 1. The summed E-state index contributed by atoms with van der Waals surface area (Å²) in [6, 6.07) is 4.40. The van der Waals surface area contributed by atoms with Crippen LogP contribution in [0.2, 0.25) is 0 Å². The van der Waals surface area contributed by atoms with E-state index in [0.717, 1.165) is 0 Å². The van der Waals surface area contributed by atoms with Crippen LogP contribution in [0.5, 0.6) is 0 Å².